The molecule has 9 aromatic rings. The highest BCUT2D eigenvalue weighted by Crippen LogP contribution is 2.48. The fraction of sp³-hybridized carbons (Fsp3) is 0. The van der Waals surface area contributed by atoms with Crippen LogP contribution in [0.25, 0.3) is 87.6 Å². The lowest BCUT2D eigenvalue weighted by molar-refractivity contribution is 0.487. The van der Waals surface area contributed by atoms with Gasteiger partial charge in [-0.3, -0.25) is 0 Å². The maximum Gasteiger partial charge on any atom is 0.135 e. The summed E-state index contributed by atoms with van der Waals surface area (Å²) in [6, 6.07) is -23.0. The highest BCUT2D eigenvalue weighted by molar-refractivity contribution is 6.25. The molecule has 0 radical (unpaired) electrons. The molecule has 1 aliphatic rings. The summed E-state index contributed by atoms with van der Waals surface area (Å²) in [5, 5.41) is -3.67. The molecule has 0 fully saturated rings. The summed E-state index contributed by atoms with van der Waals surface area (Å²) in [4.78, 5) is 0. The van der Waals surface area contributed by atoms with E-state index in [1.165, 1.54) is 0 Å². The van der Waals surface area contributed by atoms with Crippen molar-refractivity contribution in [1.29, 1.82) is 0 Å². The summed E-state index contributed by atoms with van der Waals surface area (Å²) in [5.74, 6) is -1.22. The SMILES string of the molecule is [2H]c1c([2H])c([2H])c(-c2c([2H])c(-c3c([2H])c4c5c(c([2H])c([2H])c([2H])c5c3[2H])Oc3c([2H])c([2H])c([2H])c([2H])c3-4)c([2H])c(-c3c([2H])c([2H])c4c([2H])c([2H])c5c([2H])c([2H])c([2H])c6c([2H])c([2H])c3c4c56)c2[2H])c([2H])c1[2H]. The Labute approximate surface area is 297 Å². The van der Waals surface area contributed by atoms with Crippen molar-refractivity contribution in [2.75, 3.05) is 0 Å². The highest BCUT2D eigenvalue weighted by Gasteiger charge is 2.21. The van der Waals surface area contributed by atoms with Gasteiger partial charge in [0.05, 0.1) is 35.6 Å². The van der Waals surface area contributed by atoms with Crippen molar-refractivity contribution in [1.82, 2.24) is 0 Å². The van der Waals surface area contributed by atoms with Crippen molar-refractivity contribution in [3.05, 3.63) is 157 Å². The van der Waals surface area contributed by atoms with Crippen LogP contribution >= 0.6 is 0 Å². The standard InChI is InChI=1S/C44H26O/c1-2-8-27(9-3-1)32-23-33(34-22-31-12-7-15-41-43(31)39(26-34)37-13-4-5-14-40(37)45-41)25-35(24-32)36-20-18-30-17-16-28-10-6-11-29-19-21-38(36)44(30)42(28)29/h1-26H/i1D,2D,3D,4D,5D,6D,7D,8D,9D,10D,11D,12D,13D,14D,15D,16D,17D,18D,19D,20D,21D,22D,23D,24D,25D,26D. The van der Waals surface area contributed by atoms with Gasteiger partial charge in [0.25, 0.3) is 0 Å². The molecular formula is C44H26O. The Bertz CT molecular complexity index is 4030. The second kappa shape index (κ2) is 9.29. The van der Waals surface area contributed by atoms with Gasteiger partial charge >= 0.3 is 0 Å². The van der Waals surface area contributed by atoms with E-state index in [1.54, 1.807) is 0 Å². The topological polar surface area (TPSA) is 9.23 Å². The van der Waals surface area contributed by atoms with E-state index in [2.05, 4.69) is 0 Å². The number of hydrogen-bond donors (Lipinski definition) is 0. The third-order valence-electron chi connectivity index (χ3n) is 7.51. The molecule has 0 saturated carbocycles. The number of fused-ring (bicyclic) bond motifs is 2. The van der Waals surface area contributed by atoms with Crippen molar-refractivity contribution >= 4 is 43.1 Å². The van der Waals surface area contributed by atoms with Gasteiger partial charge in [0, 0.05) is 10.9 Å². The molecule has 1 heteroatoms. The van der Waals surface area contributed by atoms with Crippen molar-refractivity contribution in [3.8, 4) is 56.0 Å². The van der Waals surface area contributed by atoms with Crippen molar-refractivity contribution in [2.24, 2.45) is 0 Å². The molecule has 1 heterocycles. The van der Waals surface area contributed by atoms with Crippen molar-refractivity contribution in [3.63, 3.8) is 0 Å². The van der Waals surface area contributed by atoms with Crippen LogP contribution in [0, 0.1) is 0 Å². The van der Waals surface area contributed by atoms with Crippen LogP contribution < -0.4 is 4.74 Å². The van der Waals surface area contributed by atoms with Gasteiger partial charge in [-0.15, -0.1) is 0 Å². The number of hydrogen-bond acceptors (Lipinski definition) is 1. The summed E-state index contributed by atoms with van der Waals surface area (Å²) in [6.45, 7) is 0. The number of para-hydroxylation sites is 1. The normalized spacial score (nSPS) is 20.3. The second-order valence-electron chi connectivity index (χ2n) is 10.0. The summed E-state index contributed by atoms with van der Waals surface area (Å²) in [5.41, 5.74) is -6.21. The number of benzene rings is 9. The lowest BCUT2D eigenvalue weighted by Crippen LogP contribution is -1.97. The zero-order valence-electron chi connectivity index (χ0n) is 48.4. The molecule has 1 nitrogen and oxygen atoms in total. The van der Waals surface area contributed by atoms with Gasteiger partial charge in [-0.25, -0.2) is 0 Å². The molecule has 9 aromatic carbocycles. The summed E-state index contributed by atoms with van der Waals surface area (Å²) in [6.07, 6.45) is 0. The van der Waals surface area contributed by atoms with E-state index in [0.29, 0.717) is 0 Å². The van der Waals surface area contributed by atoms with E-state index in [0.717, 1.165) is 0 Å². The average Bonchev–Trinajstić information content (AvgIpc) is 3.33. The molecular weight excluding hydrogens is 544 g/mol. The van der Waals surface area contributed by atoms with E-state index in [4.69, 9.17) is 28.0 Å². The number of ether oxygens (including phenoxy) is 1. The van der Waals surface area contributed by atoms with Crippen molar-refractivity contribution < 1.29 is 40.4 Å². The van der Waals surface area contributed by atoms with Gasteiger partial charge < -0.3 is 4.74 Å². The minimum atomic E-state index is -1.08. The van der Waals surface area contributed by atoms with E-state index >= 15 is 0 Å². The first-order valence-corrected chi connectivity index (χ1v) is 13.4. The lowest BCUT2D eigenvalue weighted by Gasteiger charge is -2.22. The molecule has 0 atom stereocenters. The lowest BCUT2D eigenvalue weighted by atomic mass is 9.86. The summed E-state index contributed by atoms with van der Waals surface area (Å²) in [7, 11) is 0. The Balaban J connectivity index is 1.52. The quantitative estimate of drug-likeness (QED) is 0.184. The molecule has 1 aliphatic heterocycles. The van der Waals surface area contributed by atoms with Gasteiger partial charge in [0.15, 0.2) is 0 Å². The zero-order chi connectivity index (χ0) is 52.1. The maximum atomic E-state index is 10.0. The van der Waals surface area contributed by atoms with Gasteiger partial charge in [-0.2, -0.15) is 0 Å². The fourth-order valence-corrected chi connectivity index (χ4v) is 5.58. The Kier molecular flexibility index (Phi) is 2.13. The maximum absolute atomic E-state index is 10.0. The Morgan fingerprint density at radius 3 is 1.82 bits per heavy atom. The minimum absolute atomic E-state index is 0.321. The monoisotopic (exact) mass is 596 g/mol. The Morgan fingerprint density at radius 2 is 0.956 bits per heavy atom. The molecule has 0 unspecified atom stereocenters. The highest BCUT2D eigenvalue weighted by atomic mass is 16.5. The van der Waals surface area contributed by atoms with Crippen LogP contribution in [0.1, 0.15) is 35.6 Å². The minimum Gasteiger partial charge on any atom is -0.456 e. The van der Waals surface area contributed by atoms with E-state index < -0.39 is 245 Å². The largest absolute Gasteiger partial charge is 0.456 e. The molecule has 0 bridgehead atoms. The predicted molar refractivity (Wildman–Crippen MR) is 189 cm³/mol. The van der Waals surface area contributed by atoms with Gasteiger partial charge in [0.1, 0.15) is 11.5 Å². The molecule has 45 heavy (non-hydrogen) atoms. The molecule has 0 aromatic heterocycles. The van der Waals surface area contributed by atoms with Crippen LogP contribution in [0.4, 0.5) is 0 Å². The fourth-order valence-electron chi connectivity index (χ4n) is 5.58. The smallest absolute Gasteiger partial charge is 0.135 e. The van der Waals surface area contributed by atoms with Gasteiger partial charge in [0.2, 0.25) is 0 Å². The van der Waals surface area contributed by atoms with Crippen LogP contribution in [0.2, 0.25) is 0 Å². The van der Waals surface area contributed by atoms with E-state index in [-0.39, 0.29) is 10.8 Å². The van der Waals surface area contributed by atoms with E-state index in [1.807, 2.05) is 0 Å². The van der Waals surface area contributed by atoms with Crippen molar-refractivity contribution in [2.45, 2.75) is 0 Å². The van der Waals surface area contributed by atoms with Crippen LogP contribution in [0.3, 0.4) is 0 Å². The molecule has 10 rings (SSSR count). The van der Waals surface area contributed by atoms with Crippen LogP contribution in [-0.2, 0) is 0 Å². The predicted octanol–water partition coefficient (Wildman–Crippen LogP) is 12.5. The molecule has 0 saturated heterocycles. The molecule has 0 amide bonds. The zero-order valence-corrected chi connectivity index (χ0v) is 22.4. The Hall–Kier alpha value is -5.92. The van der Waals surface area contributed by atoms with Gasteiger partial charge in [-0.05, 0) is 119 Å². The van der Waals surface area contributed by atoms with Crippen LogP contribution in [0.5, 0.6) is 11.5 Å². The van der Waals surface area contributed by atoms with Crippen LogP contribution in [-0.4, -0.2) is 0 Å². The Morgan fingerprint density at radius 1 is 0.333 bits per heavy atom. The molecule has 0 N–H and O–H groups in total. The first-order chi connectivity index (χ1) is 33.2. The third kappa shape index (κ3) is 3.68. The third-order valence-corrected chi connectivity index (χ3v) is 7.51. The molecule has 0 aliphatic carbocycles. The molecule has 0 spiro atoms. The first kappa shape index (κ1) is 10.3. The summed E-state index contributed by atoms with van der Waals surface area (Å²) < 4.78 is 241. The van der Waals surface area contributed by atoms with Gasteiger partial charge in [-0.1, -0.05) is 115 Å². The first-order valence-electron chi connectivity index (χ1n) is 26.4. The van der Waals surface area contributed by atoms with E-state index in [9.17, 15) is 12.3 Å². The second-order valence-corrected chi connectivity index (χ2v) is 10.0. The molecule has 208 valence electrons. The average molecular weight is 597 g/mol. The summed E-state index contributed by atoms with van der Waals surface area (Å²) >= 11 is 0. The number of rotatable bonds is 3. The van der Waals surface area contributed by atoms with Crippen LogP contribution in [0.15, 0.2) is 157 Å².